The highest BCUT2D eigenvalue weighted by Crippen LogP contribution is 2.22. The van der Waals surface area contributed by atoms with Crippen LogP contribution in [-0.4, -0.2) is 30.0 Å². The van der Waals surface area contributed by atoms with E-state index in [2.05, 4.69) is 10.6 Å². The third-order valence-corrected chi connectivity index (χ3v) is 3.90. The summed E-state index contributed by atoms with van der Waals surface area (Å²) in [6.07, 6.45) is 1.90. The minimum Gasteiger partial charge on any atom is -0.462 e. The zero-order valence-electron chi connectivity index (χ0n) is 15.6. The van der Waals surface area contributed by atoms with Crippen LogP contribution in [0.1, 0.15) is 36.5 Å². The Labute approximate surface area is 163 Å². The molecule has 2 rings (SSSR count). The van der Waals surface area contributed by atoms with E-state index in [1.54, 1.807) is 42.5 Å². The molecule has 0 unspecified atom stereocenters. The first-order valence-electron chi connectivity index (χ1n) is 9.05. The first kappa shape index (κ1) is 20.9. The molecule has 0 saturated carbocycles. The molecule has 0 heterocycles. The zero-order valence-corrected chi connectivity index (χ0v) is 15.6. The van der Waals surface area contributed by atoms with Gasteiger partial charge in [-0.15, -0.1) is 0 Å². The molecule has 0 atom stereocenters. The van der Waals surface area contributed by atoms with Gasteiger partial charge >= 0.3 is 5.97 Å². The highest BCUT2D eigenvalue weighted by atomic mass is 16.6. The quantitative estimate of drug-likeness (QED) is 0.277. The number of nitro groups is 1. The summed E-state index contributed by atoms with van der Waals surface area (Å²) in [6.45, 7) is 2.65. The molecule has 1 amide bonds. The summed E-state index contributed by atoms with van der Waals surface area (Å²) in [5, 5.41) is 16.6. The standard InChI is InChI=1S/C20H23N3O5/c1-2-3-14-28-20(25)15-8-10-16(11-9-15)22-19(24)12-13-21-17-6-4-5-7-18(17)23(26)27/h4-11,21H,2-3,12-14H2,1H3,(H,22,24). The molecule has 0 fully saturated rings. The highest BCUT2D eigenvalue weighted by molar-refractivity contribution is 5.93. The van der Waals surface area contributed by atoms with Gasteiger partial charge in [0.2, 0.25) is 5.91 Å². The molecule has 8 nitrogen and oxygen atoms in total. The van der Waals surface area contributed by atoms with Gasteiger partial charge in [-0.2, -0.15) is 0 Å². The van der Waals surface area contributed by atoms with Crippen LogP contribution in [0.4, 0.5) is 17.1 Å². The van der Waals surface area contributed by atoms with Gasteiger partial charge in [0.05, 0.1) is 17.1 Å². The van der Waals surface area contributed by atoms with Crippen molar-refractivity contribution >= 4 is 28.9 Å². The molecule has 0 aliphatic rings. The van der Waals surface area contributed by atoms with Gasteiger partial charge < -0.3 is 15.4 Å². The molecule has 0 spiro atoms. The van der Waals surface area contributed by atoms with Gasteiger partial charge in [-0.3, -0.25) is 14.9 Å². The van der Waals surface area contributed by atoms with Crippen molar-refractivity contribution in [2.24, 2.45) is 0 Å². The fourth-order valence-corrected chi connectivity index (χ4v) is 2.40. The zero-order chi connectivity index (χ0) is 20.4. The Morgan fingerprint density at radius 2 is 1.82 bits per heavy atom. The lowest BCUT2D eigenvalue weighted by molar-refractivity contribution is -0.384. The number of carbonyl (C=O) groups excluding carboxylic acids is 2. The van der Waals surface area contributed by atoms with Crippen LogP contribution in [0.15, 0.2) is 48.5 Å². The van der Waals surface area contributed by atoms with E-state index >= 15 is 0 Å². The molecular formula is C20H23N3O5. The molecule has 0 aliphatic heterocycles. The number of nitrogens with one attached hydrogen (secondary N) is 2. The first-order chi connectivity index (χ1) is 13.5. The molecule has 0 bridgehead atoms. The summed E-state index contributed by atoms with van der Waals surface area (Å²) < 4.78 is 5.13. The average molecular weight is 385 g/mol. The summed E-state index contributed by atoms with van der Waals surface area (Å²) in [5.74, 6) is -0.635. The third-order valence-electron chi connectivity index (χ3n) is 3.90. The van der Waals surface area contributed by atoms with Gasteiger partial charge in [0.25, 0.3) is 5.69 Å². The van der Waals surface area contributed by atoms with Crippen LogP contribution in [0.5, 0.6) is 0 Å². The van der Waals surface area contributed by atoms with Gasteiger partial charge in [0, 0.05) is 24.7 Å². The predicted molar refractivity (Wildman–Crippen MR) is 106 cm³/mol. The molecule has 2 aromatic carbocycles. The number of carbonyl (C=O) groups is 2. The average Bonchev–Trinajstić information content (AvgIpc) is 2.69. The fourth-order valence-electron chi connectivity index (χ4n) is 2.40. The van der Waals surface area contributed by atoms with Crippen molar-refractivity contribution in [3.05, 3.63) is 64.2 Å². The number of anilines is 2. The number of nitrogens with zero attached hydrogens (tertiary/aromatic N) is 1. The van der Waals surface area contributed by atoms with Crippen molar-refractivity contribution in [1.82, 2.24) is 0 Å². The van der Waals surface area contributed by atoms with Crippen molar-refractivity contribution in [3.63, 3.8) is 0 Å². The number of para-hydroxylation sites is 2. The smallest absolute Gasteiger partial charge is 0.338 e. The van der Waals surface area contributed by atoms with Gasteiger partial charge in [0.15, 0.2) is 0 Å². The van der Waals surface area contributed by atoms with Crippen molar-refractivity contribution < 1.29 is 19.2 Å². The topological polar surface area (TPSA) is 111 Å². The summed E-state index contributed by atoms with van der Waals surface area (Å²) in [6, 6.07) is 12.7. The Balaban J connectivity index is 1.80. The summed E-state index contributed by atoms with van der Waals surface area (Å²) in [7, 11) is 0. The van der Waals surface area contributed by atoms with E-state index < -0.39 is 4.92 Å². The number of benzene rings is 2. The van der Waals surface area contributed by atoms with Crippen molar-refractivity contribution in [2.45, 2.75) is 26.2 Å². The molecule has 0 aliphatic carbocycles. The predicted octanol–water partition coefficient (Wildman–Crippen LogP) is 3.99. The van der Waals surface area contributed by atoms with E-state index in [1.807, 2.05) is 6.92 Å². The first-order valence-corrected chi connectivity index (χ1v) is 9.05. The number of hydrogen-bond donors (Lipinski definition) is 2. The number of amides is 1. The number of esters is 1. The Morgan fingerprint density at radius 3 is 2.50 bits per heavy atom. The van der Waals surface area contributed by atoms with Crippen LogP contribution in [0.25, 0.3) is 0 Å². The lowest BCUT2D eigenvalue weighted by atomic mass is 10.2. The molecule has 8 heteroatoms. The van der Waals surface area contributed by atoms with Crippen molar-refractivity contribution in [1.29, 1.82) is 0 Å². The van der Waals surface area contributed by atoms with E-state index in [-0.39, 0.29) is 30.5 Å². The van der Waals surface area contributed by atoms with Gasteiger partial charge in [-0.05, 0) is 36.8 Å². The Morgan fingerprint density at radius 1 is 1.11 bits per heavy atom. The van der Waals surface area contributed by atoms with Gasteiger partial charge in [0.1, 0.15) is 5.69 Å². The Bertz CT molecular complexity index is 821. The number of ether oxygens (including phenoxy) is 1. The minimum atomic E-state index is -0.475. The van der Waals surface area contributed by atoms with Crippen LogP contribution in [-0.2, 0) is 9.53 Å². The van der Waals surface area contributed by atoms with E-state index in [0.717, 1.165) is 12.8 Å². The molecule has 0 aromatic heterocycles. The van der Waals surface area contributed by atoms with Gasteiger partial charge in [-0.1, -0.05) is 25.5 Å². The number of rotatable bonds is 10. The Hall–Kier alpha value is -3.42. The normalized spacial score (nSPS) is 10.2. The summed E-state index contributed by atoms with van der Waals surface area (Å²) in [4.78, 5) is 34.4. The van der Waals surface area contributed by atoms with Crippen LogP contribution in [0.2, 0.25) is 0 Å². The van der Waals surface area contributed by atoms with Crippen LogP contribution >= 0.6 is 0 Å². The monoisotopic (exact) mass is 385 g/mol. The third kappa shape index (κ3) is 6.39. The lowest BCUT2D eigenvalue weighted by Crippen LogP contribution is -2.16. The summed E-state index contributed by atoms with van der Waals surface area (Å²) in [5.41, 5.74) is 1.31. The number of nitro benzene ring substituents is 1. The molecule has 148 valence electrons. The maximum absolute atomic E-state index is 12.0. The maximum Gasteiger partial charge on any atom is 0.338 e. The fraction of sp³-hybridized carbons (Fsp3) is 0.300. The minimum absolute atomic E-state index is 0.0377. The second-order valence-corrected chi connectivity index (χ2v) is 6.07. The largest absolute Gasteiger partial charge is 0.462 e. The maximum atomic E-state index is 12.0. The second kappa shape index (κ2) is 10.7. The van der Waals surface area contributed by atoms with Crippen LogP contribution in [0, 0.1) is 10.1 Å². The lowest BCUT2D eigenvalue weighted by Gasteiger charge is -2.09. The van der Waals surface area contributed by atoms with E-state index in [4.69, 9.17) is 4.74 Å². The molecule has 28 heavy (non-hydrogen) atoms. The molecule has 2 N–H and O–H groups in total. The Kier molecular flexibility index (Phi) is 7.95. The number of unbranched alkanes of at least 4 members (excludes halogenated alkanes) is 1. The van der Waals surface area contributed by atoms with Crippen molar-refractivity contribution in [3.8, 4) is 0 Å². The SMILES string of the molecule is CCCCOC(=O)c1ccc(NC(=O)CCNc2ccccc2[N+](=O)[O-])cc1. The van der Waals surface area contributed by atoms with Crippen molar-refractivity contribution in [2.75, 3.05) is 23.8 Å². The van der Waals surface area contributed by atoms with Crippen LogP contribution in [0.3, 0.4) is 0 Å². The molecule has 2 aromatic rings. The van der Waals surface area contributed by atoms with Gasteiger partial charge in [-0.25, -0.2) is 4.79 Å². The number of hydrogen-bond acceptors (Lipinski definition) is 6. The summed E-state index contributed by atoms with van der Waals surface area (Å²) >= 11 is 0. The van der Waals surface area contributed by atoms with Crippen LogP contribution < -0.4 is 10.6 Å². The second-order valence-electron chi connectivity index (χ2n) is 6.07. The van der Waals surface area contributed by atoms with E-state index in [9.17, 15) is 19.7 Å². The van der Waals surface area contributed by atoms with E-state index in [0.29, 0.717) is 23.5 Å². The highest BCUT2D eigenvalue weighted by Gasteiger charge is 2.12. The molecule has 0 radical (unpaired) electrons. The molecular weight excluding hydrogens is 362 g/mol. The van der Waals surface area contributed by atoms with E-state index in [1.165, 1.54) is 6.07 Å². The molecule has 0 saturated heterocycles.